The molecule has 4 saturated heterocycles. The summed E-state index contributed by atoms with van der Waals surface area (Å²) in [7, 11) is 0. The molecule has 0 saturated carbocycles. The Kier molecular flexibility index (Phi) is 5.65. The van der Waals surface area contributed by atoms with Gasteiger partial charge in [0.05, 0.1) is 24.4 Å². The predicted octanol–water partition coefficient (Wildman–Crippen LogP) is 1.29. The summed E-state index contributed by atoms with van der Waals surface area (Å²) < 4.78 is 5.39. The maximum Gasteiger partial charge on any atom is 0.224 e. The molecule has 7 heteroatoms. The quantitative estimate of drug-likeness (QED) is 0.788. The molecule has 5 heterocycles. The van der Waals surface area contributed by atoms with E-state index in [0.29, 0.717) is 24.3 Å². The summed E-state index contributed by atoms with van der Waals surface area (Å²) in [6.07, 6.45) is 3.06. The van der Waals surface area contributed by atoms with Crippen LogP contribution in [0.4, 0.5) is 0 Å². The van der Waals surface area contributed by atoms with Gasteiger partial charge in [-0.15, -0.1) is 11.3 Å². The van der Waals surface area contributed by atoms with Gasteiger partial charge in [0.15, 0.2) is 0 Å². The molecular weight excluding hydrogens is 336 g/mol. The van der Waals surface area contributed by atoms with Gasteiger partial charge in [0, 0.05) is 63.7 Å². The standard InChI is InChI=1S/C18H28N4O2S/c23-18(3-4-20-5-7-24-8-6-20)22-10-15-1-2-17(22)12-21(9-15)11-16-13-25-14-19-16/h13-15,17H,1-12H2/t15-,17+/m0/s1. The Hall–Kier alpha value is -1.02. The SMILES string of the molecule is O=C(CCN1CCOCC1)N1C[C@H]2CC[C@@H]1CN(Cc1cscn1)C2. The van der Waals surface area contributed by atoms with Crippen molar-refractivity contribution in [2.75, 3.05) is 52.5 Å². The van der Waals surface area contributed by atoms with Crippen molar-refractivity contribution in [3.63, 3.8) is 0 Å². The van der Waals surface area contributed by atoms with E-state index in [9.17, 15) is 4.79 Å². The van der Waals surface area contributed by atoms with Crippen molar-refractivity contribution in [3.05, 3.63) is 16.6 Å². The van der Waals surface area contributed by atoms with Crippen LogP contribution in [0.5, 0.6) is 0 Å². The van der Waals surface area contributed by atoms with Gasteiger partial charge in [-0.3, -0.25) is 14.6 Å². The van der Waals surface area contributed by atoms with Crippen molar-refractivity contribution in [3.8, 4) is 0 Å². The fourth-order valence-electron chi connectivity index (χ4n) is 4.38. The summed E-state index contributed by atoms with van der Waals surface area (Å²) in [6, 6.07) is 0.384. The third-order valence-corrected chi connectivity index (χ3v) is 6.36. The van der Waals surface area contributed by atoms with E-state index in [4.69, 9.17) is 4.74 Å². The molecule has 0 radical (unpaired) electrons. The minimum atomic E-state index is 0.344. The van der Waals surface area contributed by atoms with Crippen LogP contribution >= 0.6 is 11.3 Å². The molecule has 138 valence electrons. The molecule has 4 aliphatic rings. The Morgan fingerprint density at radius 1 is 1.20 bits per heavy atom. The molecule has 0 unspecified atom stereocenters. The van der Waals surface area contributed by atoms with E-state index >= 15 is 0 Å². The zero-order valence-corrected chi connectivity index (χ0v) is 15.6. The fourth-order valence-corrected chi connectivity index (χ4v) is 4.93. The summed E-state index contributed by atoms with van der Waals surface area (Å²) in [5.41, 5.74) is 3.07. The molecule has 5 rings (SSSR count). The molecule has 4 fully saturated rings. The summed E-state index contributed by atoms with van der Waals surface area (Å²) >= 11 is 1.66. The van der Waals surface area contributed by atoms with Gasteiger partial charge in [-0.05, 0) is 18.8 Å². The number of piperidine rings is 1. The zero-order chi connectivity index (χ0) is 17.1. The average Bonchev–Trinajstić information content (AvgIpc) is 2.99. The van der Waals surface area contributed by atoms with Gasteiger partial charge in [0.1, 0.15) is 0 Å². The van der Waals surface area contributed by atoms with Crippen LogP contribution in [0.3, 0.4) is 0 Å². The number of morpholine rings is 1. The summed E-state index contributed by atoms with van der Waals surface area (Å²) in [5, 5.41) is 2.14. The van der Waals surface area contributed by atoms with E-state index in [1.54, 1.807) is 11.3 Å². The molecule has 1 aromatic heterocycles. The number of carbonyl (C=O) groups excluding carboxylic acids is 1. The molecule has 0 spiro atoms. The number of fused-ring (bicyclic) bond motifs is 4. The topological polar surface area (TPSA) is 48.9 Å². The van der Waals surface area contributed by atoms with Crippen LogP contribution in [0, 0.1) is 5.92 Å². The average molecular weight is 365 g/mol. The first-order valence-corrected chi connectivity index (χ1v) is 10.4. The maximum atomic E-state index is 12.8. The lowest BCUT2D eigenvalue weighted by atomic mass is 9.94. The Labute approximate surface area is 153 Å². The first-order valence-electron chi connectivity index (χ1n) is 9.47. The highest BCUT2D eigenvalue weighted by atomic mass is 32.1. The van der Waals surface area contributed by atoms with Crippen LogP contribution in [0.25, 0.3) is 0 Å². The van der Waals surface area contributed by atoms with Crippen molar-refractivity contribution in [2.45, 2.75) is 31.8 Å². The predicted molar refractivity (Wildman–Crippen MR) is 97.5 cm³/mol. The number of amides is 1. The number of rotatable bonds is 5. The van der Waals surface area contributed by atoms with Crippen LogP contribution < -0.4 is 0 Å². The van der Waals surface area contributed by atoms with Gasteiger partial charge >= 0.3 is 0 Å². The minimum absolute atomic E-state index is 0.344. The van der Waals surface area contributed by atoms with Crippen molar-refractivity contribution in [1.82, 2.24) is 19.7 Å². The fraction of sp³-hybridized carbons (Fsp3) is 0.778. The molecule has 4 aliphatic heterocycles. The molecular formula is C18H28N4O2S. The smallest absolute Gasteiger partial charge is 0.224 e. The van der Waals surface area contributed by atoms with E-state index in [-0.39, 0.29) is 0 Å². The van der Waals surface area contributed by atoms with Gasteiger partial charge < -0.3 is 9.64 Å². The van der Waals surface area contributed by atoms with E-state index in [0.717, 1.165) is 71.1 Å². The highest BCUT2D eigenvalue weighted by Crippen LogP contribution is 2.29. The van der Waals surface area contributed by atoms with Crippen molar-refractivity contribution < 1.29 is 9.53 Å². The summed E-state index contributed by atoms with van der Waals surface area (Å²) in [4.78, 5) is 24.3. The van der Waals surface area contributed by atoms with Gasteiger partial charge in [-0.1, -0.05) is 0 Å². The van der Waals surface area contributed by atoms with Crippen molar-refractivity contribution in [1.29, 1.82) is 0 Å². The Bertz CT molecular complexity index is 561. The molecule has 2 bridgehead atoms. The molecule has 0 aliphatic carbocycles. The first kappa shape index (κ1) is 17.4. The normalized spacial score (nSPS) is 28.2. The minimum Gasteiger partial charge on any atom is -0.379 e. The lowest BCUT2D eigenvalue weighted by molar-refractivity contribution is -0.135. The Morgan fingerprint density at radius 3 is 2.88 bits per heavy atom. The lowest BCUT2D eigenvalue weighted by Gasteiger charge is -2.37. The molecule has 1 aromatic rings. The molecule has 2 atom stereocenters. The number of carbonyl (C=O) groups is 1. The number of aromatic nitrogens is 1. The van der Waals surface area contributed by atoms with Crippen LogP contribution in [0.2, 0.25) is 0 Å². The molecule has 25 heavy (non-hydrogen) atoms. The molecule has 1 amide bonds. The Balaban J connectivity index is 1.32. The Morgan fingerprint density at radius 2 is 2.08 bits per heavy atom. The first-order chi connectivity index (χ1) is 12.3. The maximum absolute atomic E-state index is 12.8. The second kappa shape index (κ2) is 8.12. The van der Waals surface area contributed by atoms with E-state index in [1.165, 1.54) is 6.42 Å². The van der Waals surface area contributed by atoms with Gasteiger partial charge in [-0.2, -0.15) is 0 Å². The number of ether oxygens (including phenoxy) is 1. The number of hydrogen-bond acceptors (Lipinski definition) is 6. The van der Waals surface area contributed by atoms with Crippen LogP contribution in [0.1, 0.15) is 25.0 Å². The highest BCUT2D eigenvalue weighted by molar-refractivity contribution is 7.07. The zero-order valence-electron chi connectivity index (χ0n) is 14.8. The lowest BCUT2D eigenvalue weighted by Crippen LogP contribution is -2.48. The number of thiazole rings is 1. The van der Waals surface area contributed by atoms with E-state index in [1.807, 2.05) is 5.51 Å². The molecule has 0 N–H and O–H groups in total. The van der Waals surface area contributed by atoms with E-state index < -0.39 is 0 Å². The monoisotopic (exact) mass is 364 g/mol. The molecule has 0 aromatic carbocycles. The van der Waals surface area contributed by atoms with Gasteiger partial charge in [0.25, 0.3) is 0 Å². The largest absolute Gasteiger partial charge is 0.379 e. The van der Waals surface area contributed by atoms with Crippen LogP contribution in [-0.2, 0) is 16.1 Å². The van der Waals surface area contributed by atoms with Crippen molar-refractivity contribution >= 4 is 17.2 Å². The van der Waals surface area contributed by atoms with Crippen LogP contribution in [-0.4, -0.2) is 84.1 Å². The highest BCUT2D eigenvalue weighted by Gasteiger charge is 2.37. The second-order valence-corrected chi connectivity index (χ2v) is 8.24. The van der Waals surface area contributed by atoms with Gasteiger partial charge in [-0.25, -0.2) is 4.98 Å². The summed E-state index contributed by atoms with van der Waals surface area (Å²) in [5.74, 6) is 0.960. The number of hydrogen-bond donors (Lipinski definition) is 0. The summed E-state index contributed by atoms with van der Waals surface area (Å²) in [6.45, 7) is 8.35. The molecule has 6 nitrogen and oxygen atoms in total. The van der Waals surface area contributed by atoms with Crippen LogP contribution in [0.15, 0.2) is 10.9 Å². The third kappa shape index (κ3) is 4.39. The second-order valence-electron chi connectivity index (χ2n) is 7.52. The number of nitrogens with zero attached hydrogens (tertiary/aromatic N) is 4. The van der Waals surface area contributed by atoms with Crippen molar-refractivity contribution in [2.24, 2.45) is 5.92 Å². The third-order valence-electron chi connectivity index (χ3n) is 5.72. The van der Waals surface area contributed by atoms with Gasteiger partial charge in [0.2, 0.25) is 5.91 Å². The van der Waals surface area contributed by atoms with E-state index in [2.05, 4.69) is 25.1 Å².